The quantitative estimate of drug-likeness (QED) is 0.539. The Balaban J connectivity index is 2.09. The Morgan fingerprint density at radius 1 is 1.25 bits per heavy atom. The molecule has 3 nitrogen and oxygen atoms in total. The van der Waals surface area contributed by atoms with E-state index in [1.165, 1.54) is 5.56 Å². The maximum Gasteiger partial charge on any atom is 0.305 e. The molecule has 0 saturated carbocycles. The Labute approximate surface area is 130 Å². The minimum absolute atomic E-state index is 0.0799. The minimum atomic E-state index is -0.0799. The molecule has 0 saturated heterocycles. The molecular weight excluding hydrogens is 318 g/mol. The predicted octanol–water partition coefficient (Wildman–Crippen LogP) is 4.22. The van der Waals surface area contributed by atoms with Crippen molar-refractivity contribution in [2.45, 2.75) is 45.6 Å². The molecule has 0 amide bonds. The summed E-state index contributed by atoms with van der Waals surface area (Å²) in [7, 11) is 0. The molecule has 1 rings (SSSR count). The van der Waals surface area contributed by atoms with Crippen molar-refractivity contribution < 1.29 is 9.53 Å². The van der Waals surface area contributed by atoms with Crippen LogP contribution >= 0.6 is 15.9 Å². The fraction of sp³-hybridized carbons (Fsp3) is 0.562. The molecule has 4 heteroatoms. The van der Waals surface area contributed by atoms with E-state index in [0.717, 1.165) is 30.3 Å². The van der Waals surface area contributed by atoms with Gasteiger partial charge < -0.3 is 10.1 Å². The van der Waals surface area contributed by atoms with E-state index in [4.69, 9.17) is 4.74 Å². The number of hydrogen-bond acceptors (Lipinski definition) is 3. The predicted molar refractivity (Wildman–Crippen MR) is 85.7 cm³/mol. The zero-order valence-corrected chi connectivity index (χ0v) is 13.9. The van der Waals surface area contributed by atoms with Gasteiger partial charge in [-0.15, -0.1) is 0 Å². The van der Waals surface area contributed by atoms with Gasteiger partial charge in [0.05, 0.1) is 6.61 Å². The van der Waals surface area contributed by atoms with Crippen LogP contribution in [0.2, 0.25) is 0 Å². The fourth-order valence-corrected chi connectivity index (χ4v) is 2.26. The van der Waals surface area contributed by atoms with Crippen LogP contribution in [0, 0.1) is 0 Å². The first kappa shape index (κ1) is 17.2. The Morgan fingerprint density at radius 2 is 1.95 bits per heavy atom. The summed E-state index contributed by atoms with van der Waals surface area (Å²) in [6, 6.07) is 8.73. The Morgan fingerprint density at radius 3 is 2.60 bits per heavy atom. The zero-order chi connectivity index (χ0) is 14.8. The van der Waals surface area contributed by atoms with Crippen molar-refractivity contribution in [1.82, 2.24) is 5.32 Å². The highest BCUT2D eigenvalue weighted by Crippen LogP contribution is 2.16. The molecule has 20 heavy (non-hydrogen) atoms. The smallest absolute Gasteiger partial charge is 0.305 e. The molecule has 0 spiro atoms. The number of carbonyl (C=O) groups is 1. The molecule has 0 fully saturated rings. The van der Waals surface area contributed by atoms with Crippen LogP contribution in [0.15, 0.2) is 28.7 Å². The van der Waals surface area contributed by atoms with Crippen LogP contribution in [0.4, 0.5) is 0 Å². The van der Waals surface area contributed by atoms with Crippen LogP contribution in [-0.2, 0) is 9.53 Å². The summed E-state index contributed by atoms with van der Waals surface area (Å²) < 4.78 is 6.00. The Bertz CT molecular complexity index is 392. The third kappa shape index (κ3) is 7.06. The van der Waals surface area contributed by atoms with Crippen LogP contribution in [0.1, 0.15) is 51.1 Å². The summed E-state index contributed by atoms with van der Waals surface area (Å²) >= 11 is 3.44. The standard InChI is InChI=1S/C16H24BrNO2/c1-3-20-16(19)7-5-4-6-12-18-13(2)14-8-10-15(17)11-9-14/h8-11,13,18H,3-7,12H2,1-2H3/t13-/m1/s1. The molecule has 1 N–H and O–H groups in total. The fourth-order valence-electron chi connectivity index (χ4n) is 1.99. The molecule has 1 atom stereocenters. The number of unbranched alkanes of at least 4 members (excludes halogenated alkanes) is 2. The maximum atomic E-state index is 11.2. The molecular formula is C16H24BrNO2. The number of rotatable bonds is 9. The normalized spacial score (nSPS) is 12.2. The van der Waals surface area contributed by atoms with Crippen molar-refractivity contribution in [1.29, 1.82) is 0 Å². The third-order valence-electron chi connectivity index (χ3n) is 3.18. The average Bonchev–Trinajstić information content (AvgIpc) is 2.43. The SMILES string of the molecule is CCOC(=O)CCCCCN[C@H](C)c1ccc(Br)cc1. The van der Waals surface area contributed by atoms with Gasteiger partial charge in [-0.3, -0.25) is 4.79 Å². The van der Waals surface area contributed by atoms with Crippen molar-refractivity contribution in [2.75, 3.05) is 13.2 Å². The van der Waals surface area contributed by atoms with E-state index in [2.05, 4.69) is 52.4 Å². The monoisotopic (exact) mass is 341 g/mol. The summed E-state index contributed by atoms with van der Waals surface area (Å²) in [6.45, 7) is 5.46. The molecule has 112 valence electrons. The van der Waals surface area contributed by atoms with E-state index >= 15 is 0 Å². The molecule has 0 aliphatic carbocycles. The number of carbonyl (C=O) groups excluding carboxylic acids is 1. The van der Waals surface area contributed by atoms with Crippen molar-refractivity contribution in [2.24, 2.45) is 0 Å². The second-order valence-corrected chi connectivity index (χ2v) is 5.76. The lowest BCUT2D eigenvalue weighted by Gasteiger charge is -2.14. The molecule has 0 aliphatic heterocycles. The van der Waals surface area contributed by atoms with Gasteiger partial charge in [0.15, 0.2) is 0 Å². The molecule has 0 radical (unpaired) electrons. The van der Waals surface area contributed by atoms with E-state index in [9.17, 15) is 4.79 Å². The number of nitrogens with one attached hydrogen (secondary N) is 1. The van der Waals surface area contributed by atoms with Crippen LogP contribution in [0.5, 0.6) is 0 Å². The lowest BCUT2D eigenvalue weighted by molar-refractivity contribution is -0.143. The summed E-state index contributed by atoms with van der Waals surface area (Å²) in [4.78, 5) is 11.2. The zero-order valence-electron chi connectivity index (χ0n) is 12.3. The van der Waals surface area contributed by atoms with E-state index < -0.39 is 0 Å². The van der Waals surface area contributed by atoms with Gasteiger partial charge >= 0.3 is 5.97 Å². The molecule has 0 heterocycles. The molecule has 1 aromatic carbocycles. The highest BCUT2D eigenvalue weighted by atomic mass is 79.9. The van der Waals surface area contributed by atoms with Crippen molar-refractivity contribution in [3.63, 3.8) is 0 Å². The lowest BCUT2D eigenvalue weighted by Crippen LogP contribution is -2.19. The number of hydrogen-bond donors (Lipinski definition) is 1. The minimum Gasteiger partial charge on any atom is -0.466 e. The summed E-state index contributed by atoms with van der Waals surface area (Å²) in [6.07, 6.45) is 3.59. The van der Waals surface area contributed by atoms with Crippen molar-refractivity contribution >= 4 is 21.9 Å². The van der Waals surface area contributed by atoms with Crippen molar-refractivity contribution in [3.05, 3.63) is 34.3 Å². The van der Waals surface area contributed by atoms with Gasteiger partial charge in [-0.25, -0.2) is 0 Å². The Kier molecular flexibility index (Phi) is 8.54. The van der Waals surface area contributed by atoms with E-state index in [-0.39, 0.29) is 5.97 Å². The topological polar surface area (TPSA) is 38.3 Å². The van der Waals surface area contributed by atoms with Crippen LogP contribution in [-0.4, -0.2) is 19.1 Å². The van der Waals surface area contributed by atoms with Crippen LogP contribution < -0.4 is 5.32 Å². The molecule has 0 bridgehead atoms. The van der Waals surface area contributed by atoms with E-state index in [0.29, 0.717) is 19.1 Å². The number of halogens is 1. The van der Waals surface area contributed by atoms with Gasteiger partial charge in [0.25, 0.3) is 0 Å². The second kappa shape index (κ2) is 9.94. The van der Waals surface area contributed by atoms with Crippen molar-refractivity contribution in [3.8, 4) is 0 Å². The number of esters is 1. The first-order chi connectivity index (χ1) is 9.63. The summed E-state index contributed by atoms with van der Waals surface area (Å²) in [5.74, 6) is -0.0799. The maximum absolute atomic E-state index is 11.2. The molecule has 0 aliphatic rings. The third-order valence-corrected chi connectivity index (χ3v) is 3.71. The van der Waals surface area contributed by atoms with Gasteiger partial charge in [-0.05, 0) is 50.9 Å². The highest BCUT2D eigenvalue weighted by molar-refractivity contribution is 9.10. The molecule has 0 aromatic heterocycles. The van der Waals surface area contributed by atoms with Gasteiger partial charge in [-0.2, -0.15) is 0 Å². The first-order valence-corrected chi connectivity index (χ1v) is 8.07. The van der Waals surface area contributed by atoms with E-state index in [1.54, 1.807) is 0 Å². The molecule has 0 unspecified atom stereocenters. The summed E-state index contributed by atoms with van der Waals surface area (Å²) in [5.41, 5.74) is 1.29. The van der Waals surface area contributed by atoms with E-state index in [1.807, 2.05) is 6.92 Å². The van der Waals surface area contributed by atoms with Crippen LogP contribution in [0.25, 0.3) is 0 Å². The van der Waals surface area contributed by atoms with Gasteiger partial charge in [0.1, 0.15) is 0 Å². The highest BCUT2D eigenvalue weighted by Gasteiger charge is 2.04. The van der Waals surface area contributed by atoms with Crippen LogP contribution in [0.3, 0.4) is 0 Å². The number of ether oxygens (including phenoxy) is 1. The second-order valence-electron chi connectivity index (χ2n) is 4.84. The largest absolute Gasteiger partial charge is 0.466 e. The Hall–Kier alpha value is -0.870. The van der Waals surface area contributed by atoms with Gasteiger partial charge in [0.2, 0.25) is 0 Å². The van der Waals surface area contributed by atoms with Gasteiger partial charge in [0, 0.05) is 16.9 Å². The average molecular weight is 342 g/mol. The first-order valence-electron chi connectivity index (χ1n) is 7.28. The lowest BCUT2D eigenvalue weighted by atomic mass is 10.1. The molecule has 1 aromatic rings. The van der Waals surface area contributed by atoms with Gasteiger partial charge in [-0.1, -0.05) is 34.5 Å². The number of benzene rings is 1. The summed E-state index contributed by atoms with van der Waals surface area (Å²) in [5, 5.41) is 3.50.